The molecule has 6 saturated heterocycles. The highest BCUT2D eigenvalue weighted by Gasteiger charge is 2.41. The van der Waals surface area contributed by atoms with Gasteiger partial charge in [-0.15, -0.1) is 0 Å². The molecule has 0 N–H and O–H groups in total. The van der Waals surface area contributed by atoms with Crippen molar-refractivity contribution < 1.29 is 28.6 Å². The lowest BCUT2D eigenvalue weighted by atomic mass is 9.92. The van der Waals surface area contributed by atoms with Crippen LogP contribution in [0.25, 0.3) is 32.3 Å². The Morgan fingerprint density at radius 3 is 1.32 bits per heavy atom. The molecular weight excluding hydrogens is 1540 g/mol. The number of anilines is 6. The molecule has 9 aromatic rings. The normalized spacial score (nSPS) is 22.6. The molecule has 18 rings (SSSR count). The molecule has 9 aliphatic heterocycles. The lowest BCUT2D eigenvalue weighted by Gasteiger charge is -2.42. The van der Waals surface area contributed by atoms with Crippen LogP contribution in [0, 0.1) is 34.0 Å². The fourth-order valence-corrected chi connectivity index (χ4v) is 20.8. The molecule has 632 valence electrons. The minimum Gasteiger partial charge on any atom is -0.462 e. The Morgan fingerprint density at radius 1 is 0.415 bits per heavy atom. The molecule has 27 heteroatoms. The zero-order valence-corrected chi connectivity index (χ0v) is 70.7. The fraction of sp³-hybridized carbons (Fsp3) is 0.438. The molecule has 3 unspecified atom stereocenters. The lowest BCUT2D eigenvalue weighted by molar-refractivity contribution is -0.129. The number of nitriles is 3. The topological polar surface area (TPSA) is 266 Å². The molecule has 0 radical (unpaired) electrons. The molecule has 9 aliphatic rings. The Kier molecular flexibility index (Phi) is 23.6. The number of nitrogens with zero attached hydrogens (tertiary/aromatic N) is 21. The highest BCUT2D eigenvalue weighted by Crippen LogP contribution is 2.45. The molecule has 3 amide bonds. The first-order chi connectivity index (χ1) is 60.1. The summed E-state index contributed by atoms with van der Waals surface area (Å²) in [7, 11) is 6.50. The van der Waals surface area contributed by atoms with Crippen molar-refractivity contribution in [2.45, 2.75) is 132 Å². The molecule has 0 saturated carbocycles. The summed E-state index contributed by atoms with van der Waals surface area (Å²) in [6.07, 6.45) is 10.5. The second-order valence-corrected chi connectivity index (χ2v) is 34.7. The third kappa shape index (κ3) is 16.6. The van der Waals surface area contributed by atoms with Gasteiger partial charge >= 0.3 is 18.0 Å². The van der Waals surface area contributed by atoms with E-state index in [4.69, 9.17) is 44.1 Å². The predicted octanol–water partition coefficient (Wildman–Crippen LogP) is 10.8. The standard InChI is InChI=1S/C96H107N21O6/c1-7-88(118)112-40-45-117(72(54-112)29-35-99)93-81-32-37-109(85-26-16-21-63-18-10-13-23-76(63)85)57-84(81)102-96(105-93)123-62-75-49-69(53-108(75)6)67-47-65-20-12-15-25-78(65)87(51-67)111-39-31-80-83(59-111)101-95(104-92(80)114-42-44-116(90(120)9-3)71(56-114)28-34-98)122-61-74-48-68(52-107(74)5)66-46-64-19-11-14-24-77(64)86(50-66)110-38-30-79-82(58-110)100-94(121-60-73-22-17-36-106(73)4)103-91(79)113-41-43-115(89(119)8-2)70(55-113)27-33-97/h7-16,18-21,23-26,46-47,50-51,68-75H,1-3,17,22,27-32,36-45,48-49,52-62H2,4-6H3/t68?,69?,70-,71-,72?,73+,74-,75-/m0/s1. The van der Waals surface area contributed by atoms with Gasteiger partial charge in [0.05, 0.1) is 92.3 Å². The van der Waals surface area contributed by atoms with Crippen molar-refractivity contribution in [2.24, 2.45) is 0 Å². The fourth-order valence-electron chi connectivity index (χ4n) is 20.8. The molecule has 27 nitrogen and oxygen atoms in total. The average Bonchev–Trinajstić information content (AvgIpc) is 1.70. The van der Waals surface area contributed by atoms with Gasteiger partial charge < -0.3 is 63.2 Å². The minimum absolute atomic E-state index is 0.0213. The Balaban J connectivity index is 0.599. The van der Waals surface area contributed by atoms with Crippen LogP contribution in [0.3, 0.4) is 0 Å². The zero-order chi connectivity index (χ0) is 84.5. The molecule has 12 heterocycles. The van der Waals surface area contributed by atoms with Crippen molar-refractivity contribution in [3.05, 3.63) is 198 Å². The molecule has 6 fully saturated rings. The first-order valence-corrected chi connectivity index (χ1v) is 43.7. The third-order valence-electron chi connectivity index (χ3n) is 27.5. The number of ether oxygens (including phenoxy) is 3. The van der Waals surface area contributed by atoms with Crippen molar-refractivity contribution in [2.75, 3.05) is 169 Å². The number of hydrogen-bond acceptors (Lipinski definition) is 24. The van der Waals surface area contributed by atoms with Crippen LogP contribution in [0.15, 0.2) is 153 Å². The first-order valence-electron chi connectivity index (χ1n) is 43.7. The number of rotatable bonds is 23. The molecule has 3 aromatic heterocycles. The van der Waals surface area contributed by atoms with Crippen molar-refractivity contribution in [1.29, 1.82) is 15.8 Å². The highest BCUT2D eigenvalue weighted by molar-refractivity contribution is 5.98. The van der Waals surface area contributed by atoms with Crippen LogP contribution in [0.4, 0.5) is 34.5 Å². The van der Waals surface area contributed by atoms with Crippen LogP contribution < -0.4 is 43.6 Å². The zero-order valence-electron chi connectivity index (χ0n) is 70.7. The average molecular weight is 1650 g/mol. The number of aromatic nitrogens is 6. The largest absolute Gasteiger partial charge is 0.462 e. The number of likely N-dealkylation sites (N-methyl/N-ethyl adjacent to an activating group) is 3. The van der Waals surface area contributed by atoms with Crippen LogP contribution in [0.2, 0.25) is 0 Å². The Morgan fingerprint density at radius 2 is 0.846 bits per heavy atom. The maximum absolute atomic E-state index is 13.4. The number of benzene rings is 6. The SMILES string of the molecule is C=CC(=O)N1CCN(c2nc(OC[C@@H]3CC(c4cc(N5CCc6c(nc(OC[C@@H]7CC(c8cc(N9CCc%10c(nc(OC[C@H]%11CCCN%11C)nc%10N%10CCN(C(=O)C=C)[C@@H](CC#N)C%10)C9)c9ccccc9c8)CN7C)nc6N6CCN(C(=O)C=C)[C@@H](CC#N)C6)C5)c5ccccc5c4)CN3C)nc3c2CCN(c2cccc4ccccc24)C3)C(CC#N)C1. The van der Waals surface area contributed by atoms with Gasteiger partial charge in [0.1, 0.15) is 37.3 Å². The summed E-state index contributed by atoms with van der Waals surface area (Å²) < 4.78 is 20.4. The maximum atomic E-state index is 13.4. The summed E-state index contributed by atoms with van der Waals surface area (Å²) in [5, 5.41) is 37.3. The van der Waals surface area contributed by atoms with E-state index in [0.29, 0.717) is 142 Å². The number of piperazine rings is 3. The number of hydrogen-bond donors (Lipinski definition) is 0. The van der Waals surface area contributed by atoms with Gasteiger partial charge in [-0.25, -0.2) is 0 Å². The summed E-state index contributed by atoms with van der Waals surface area (Å²) in [5.41, 5.74) is 11.8. The van der Waals surface area contributed by atoms with Crippen molar-refractivity contribution in [3.8, 4) is 36.2 Å². The van der Waals surface area contributed by atoms with E-state index in [0.717, 1.165) is 148 Å². The lowest BCUT2D eigenvalue weighted by Crippen LogP contribution is -2.55. The van der Waals surface area contributed by atoms with Crippen LogP contribution in [-0.2, 0) is 53.3 Å². The number of carbonyl (C=O) groups excluding carboxylic acids is 3. The predicted molar refractivity (Wildman–Crippen MR) is 476 cm³/mol. The molecule has 0 spiro atoms. The van der Waals surface area contributed by atoms with Crippen LogP contribution in [0.5, 0.6) is 18.0 Å². The van der Waals surface area contributed by atoms with E-state index in [-0.39, 0.29) is 85.1 Å². The Bertz CT molecular complexity index is 5700. The number of amides is 3. The van der Waals surface area contributed by atoms with E-state index >= 15 is 0 Å². The number of fused-ring (bicyclic) bond motifs is 6. The van der Waals surface area contributed by atoms with Crippen LogP contribution in [0.1, 0.15) is 102 Å². The van der Waals surface area contributed by atoms with E-state index < -0.39 is 0 Å². The summed E-state index contributed by atoms with van der Waals surface area (Å²) in [4.78, 5) is 97.6. The van der Waals surface area contributed by atoms with Gasteiger partial charge in [0, 0.05) is 160 Å². The van der Waals surface area contributed by atoms with Crippen LogP contribution in [-0.4, -0.2) is 252 Å². The van der Waals surface area contributed by atoms with Gasteiger partial charge in [-0.3, -0.25) is 24.2 Å². The Labute approximate surface area is 719 Å². The van der Waals surface area contributed by atoms with Crippen molar-refractivity contribution >= 4 is 84.6 Å². The number of likely N-dealkylation sites (tertiary alicyclic amines) is 3. The van der Waals surface area contributed by atoms with Gasteiger partial charge in [0.15, 0.2) is 0 Å². The van der Waals surface area contributed by atoms with Gasteiger partial charge in [0.2, 0.25) is 17.7 Å². The van der Waals surface area contributed by atoms with E-state index in [1.165, 1.54) is 40.1 Å². The molecule has 8 atom stereocenters. The number of carbonyl (C=O) groups is 3. The molecule has 0 aliphatic carbocycles. The van der Waals surface area contributed by atoms with Gasteiger partial charge in [-0.05, 0) is 148 Å². The smallest absolute Gasteiger partial charge is 0.318 e. The molecular formula is C96H107N21O6. The van der Waals surface area contributed by atoms with Gasteiger partial charge in [-0.2, -0.15) is 45.7 Å². The summed E-state index contributed by atoms with van der Waals surface area (Å²) in [6, 6.07) is 49.2. The summed E-state index contributed by atoms with van der Waals surface area (Å²) >= 11 is 0. The second-order valence-electron chi connectivity index (χ2n) is 34.7. The van der Waals surface area contributed by atoms with Crippen LogP contribution >= 0.6 is 0 Å². The van der Waals surface area contributed by atoms with E-state index in [1.807, 2.05) is 0 Å². The second kappa shape index (κ2) is 35.5. The van der Waals surface area contributed by atoms with E-state index in [2.05, 4.69) is 218 Å². The quantitative estimate of drug-likeness (QED) is 0.0539. The minimum atomic E-state index is -0.372. The maximum Gasteiger partial charge on any atom is 0.318 e. The summed E-state index contributed by atoms with van der Waals surface area (Å²) in [5.74, 6) is 2.20. The van der Waals surface area contributed by atoms with Gasteiger partial charge in [0.25, 0.3) is 0 Å². The van der Waals surface area contributed by atoms with E-state index in [9.17, 15) is 30.2 Å². The van der Waals surface area contributed by atoms with E-state index in [1.54, 1.807) is 14.7 Å². The first kappa shape index (κ1) is 81.5. The highest BCUT2D eigenvalue weighted by atomic mass is 16.5. The van der Waals surface area contributed by atoms with Crippen molar-refractivity contribution in [1.82, 2.24) is 59.3 Å². The monoisotopic (exact) mass is 1650 g/mol. The third-order valence-corrected chi connectivity index (χ3v) is 27.5. The van der Waals surface area contributed by atoms with Crippen molar-refractivity contribution in [3.63, 3.8) is 0 Å². The molecule has 0 bridgehead atoms. The molecule has 6 aromatic carbocycles. The summed E-state index contributed by atoms with van der Waals surface area (Å²) in [6.45, 7) is 23.1. The van der Waals surface area contributed by atoms with Gasteiger partial charge in [-0.1, -0.05) is 117 Å². The Hall–Kier alpha value is -12.5. The molecule has 123 heavy (non-hydrogen) atoms.